The van der Waals surface area contributed by atoms with Crippen LogP contribution < -0.4 is 5.32 Å². The zero-order valence-corrected chi connectivity index (χ0v) is 11.9. The van der Waals surface area contributed by atoms with E-state index in [0.717, 1.165) is 30.7 Å². The maximum absolute atomic E-state index is 5.52. The second-order valence-electron chi connectivity index (χ2n) is 5.76. The molecule has 1 fully saturated rings. The Morgan fingerprint density at radius 3 is 2.72 bits per heavy atom. The topological polar surface area (TPSA) is 28.4 Å². The molecule has 3 heteroatoms. The predicted molar refractivity (Wildman–Crippen MR) is 74.3 cm³/mol. The van der Waals surface area contributed by atoms with Gasteiger partial charge < -0.3 is 9.73 Å². The van der Waals surface area contributed by atoms with Crippen LogP contribution in [0.3, 0.4) is 0 Å². The normalized spacial score (nSPS) is 18.7. The summed E-state index contributed by atoms with van der Waals surface area (Å²) >= 11 is 0. The molecule has 1 saturated heterocycles. The van der Waals surface area contributed by atoms with Crippen molar-refractivity contribution >= 4 is 0 Å². The highest BCUT2D eigenvalue weighted by molar-refractivity contribution is 5.16. The molecule has 102 valence electrons. The number of nitrogens with one attached hydrogen (secondary N) is 1. The lowest BCUT2D eigenvalue weighted by Gasteiger charge is -2.33. The molecule has 0 aliphatic carbocycles. The van der Waals surface area contributed by atoms with Gasteiger partial charge in [0, 0.05) is 12.1 Å². The summed E-state index contributed by atoms with van der Waals surface area (Å²) in [5.74, 6) is 2.84. The molecule has 1 N–H and O–H groups in total. The molecule has 3 nitrogen and oxygen atoms in total. The lowest BCUT2D eigenvalue weighted by Crippen LogP contribution is -2.34. The summed E-state index contributed by atoms with van der Waals surface area (Å²) in [7, 11) is 1.96. The molecular formula is C15H26N2O. The summed E-state index contributed by atoms with van der Waals surface area (Å²) in [6.45, 7) is 9.02. The van der Waals surface area contributed by atoms with Crippen LogP contribution in [0.4, 0.5) is 0 Å². The van der Waals surface area contributed by atoms with E-state index >= 15 is 0 Å². The molecule has 0 unspecified atom stereocenters. The van der Waals surface area contributed by atoms with Gasteiger partial charge in [0.05, 0.1) is 12.8 Å². The highest BCUT2D eigenvalue weighted by atomic mass is 16.3. The van der Waals surface area contributed by atoms with E-state index in [2.05, 4.69) is 30.1 Å². The van der Waals surface area contributed by atoms with Crippen LogP contribution in [-0.2, 0) is 13.1 Å². The molecule has 1 aliphatic rings. The molecule has 18 heavy (non-hydrogen) atoms. The first-order valence-corrected chi connectivity index (χ1v) is 7.13. The average molecular weight is 250 g/mol. The summed E-state index contributed by atoms with van der Waals surface area (Å²) in [6.07, 6.45) is 4.50. The standard InChI is InChI=1S/C15H26N2O/c1-12(2)13-4-7-17(8-5-13)11-14-6-9-18-15(14)10-16-3/h6,9,12-13,16H,4-5,7-8,10-11H2,1-3H3. The Kier molecular flexibility index (Phi) is 4.84. The quantitative estimate of drug-likeness (QED) is 0.871. The summed E-state index contributed by atoms with van der Waals surface area (Å²) < 4.78 is 5.52. The summed E-state index contributed by atoms with van der Waals surface area (Å²) in [5, 5.41) is 3.16. The highest BCUT2D eigenvalue weighted by Gasteiger charge is 2.22. The van der Waals surface area contributed by atoms with Crippen LogP contribution in [0.15, 0.2) is 16.7 Å². The van der Waals surface area contributed by atoms with Gasteiger partial charge >= 0.3 is 0 Å². The lowest BCUT2D eigenvalue weighted by molar-refractivity contribution is 0.151. The van der Waals surface area contributed by atoms with Crippen LogP contribution >= 0.6 is 0 Å². The molecule has 0 aromatic carbocycles. The minimum absolute atomic E-state index is 0.824. The monoisotopic (exact) mass is 250 g/mol. The van der Waals surface area contributed by atoms with Gasteiger partial charge in [0.15, 0.2) is 0 Å². The number of piperidine rings is 1. The first-order chi connectivity index (χ1) is 8.70. The van der Waals surface area contributed by atoms with E-state index in [1.807, 2.05) is 13.3 Å². The first-order valence-electron chi connectivity index (χ1n) is 7.13. The summed E-state index contributed by atoms with van der Waals surface area (Å²) in [6, 6.07) is 2.11. The lowest BCUT2D eigenvalue weighted by atomic mass is 9.86. The third kappa shape index (κ3) is 3.36. The molecule has 0 spiro atoms. The Hall–Kier alpha value is -0.800. The van der Waals surface area contributed by atoms with Crippen LogP contribution in [0.1, 0.15) is 38.0 Å². The fourth-order valence-electron chi connectivity index (χ4n) is 2.84. The Morgan fingerprint density at radius 2 is 2.11 bits per heavy atom. The van der Waals surface area contributed by atoms with Crippen molar-refractivity contribution < 1.29 is 4.42 Å². The van der Waals surface area contributed by atoms with Crippen molar-refractivity contribution in [3.05, 3.63) is 23.7 Å². The van der Waals surface area contributed by atoms with Crippen molar-refractivity contribution in [2.45, 2.75) is 39.8 Å². The third-order valence-electron chi connectivity index (χ3n) is 4.14. The number of nitrogens with zero attached hydrogens (tertiary/aromatic N) is 1. The van der Waals surface area contributed by atoms with Crippen molar-refractivity contribution in [2.24, 2.45) is 11.8 Å². The van der Waals surface area contributed by atoms with Crippen LogP contribution in [-0.4, -0.2) is 25.0 Å². The molecule has 2 rings (SSSR count). The number of hydrogen-bond donors (Lipinski definition) is 1. The molecular weight excluding hydrogens is 224 g/mol. The van der Waals surface area contributed by atoms with Crippen molar-refractivity contribution in [2.75, 3.05) is 20.1 Å². The van der Waals surface area contributed by atoms with E-state index in [1.165, 1.54) is 31.5 Å². The van der Waals surface area contributed by atoms with Crippen LogP contribution in [0, 0.1) is 11.8 Å². The van der Waals surface area contributed by atoms with Crippen molar-refractivity contribution in [3.8, 4) is 0 Å². The number of rotatable bonds is 5. The van der Waals surface area contributed by atoms with E-state index in [9.17, 15) is 0 Å². The van der Waals surface area contributed by atoms with Gasteiger partial charge in [-0.15, -0.1) is 0 Å². The summed E-state index contributed by atoms with van der Waals surface area (Å²) in [5.41, 5.74) is 1.34. The van der Waals surface area contributed by atoms with E-state index in [0.29, 0.717) is 0 Å². The Morgan fingerprint density at radius 1 is 1.39 bits per heavy atom. The van der Waals surface area contributed by atoms with E-state index in [1.54, 1.807) is 0 Å². The summed E-state index contributed by atoms with van der Waals surface area (Å²) in [4.78, 5) is 2.56. The number of likely N-dealkylation sites (tertiary alicyclic amines) is 1. The Bertz CT molecular complexity index is 351. The van der Waals surface area contributed by atoms with Gasteiger partial charge in [-0.05, 0) is 50.9 Å². The van der Waals surface area contributed by atoms with Crippen molar-refractivity contribution in [3.63, 3.8) is 0 Å². The Balaban J connectivity index is 1.85. The molecule has 1 aliphatic heterocycles. The predicted octanol–water partition coefficient (Wildman–Crippen LogP) is 2.87. The molecule has 0 amide bonds. The van der Waals surface area contributed by atoms with E-state index in [-0.39, 0.29) is 0 Å². The molecule has 2 heterocycles. The first kappa shape index (κ1) is 13.6. The second-order valence-corrected chi connectivity index (χ2v) is 5.76. The smallest absolute Gasteiger partial charge is 0.122 e. The van der Waals surface area contributed by atoms with Crippen molar-refractivity contribution in [1.82, 2.24) is 10.2 Å². The van der Waals surface area contributed by atoms with Gasteiger partial charge in [-0.1, -0.05) is 13.8 Å². The molecule has 0 radical (unpaired) electrons. The zero-order chi connectivity index (χ0) is 13.0. The third-order valence-corrected chi connectivity index (χ3v) is 4.14. The second kappa shape index (κ2) is 6.39. The van der Waals surface area contributed by atoms with Crippen LogP contribution in [0.25, 0.3) is 0 Å². The molecule has 0 bridgehead atoms. The van der Waals surface area contributed by atoms with E-state index < -0.39 is 0 Å². The molecule has 0 atom stereocenters. The largest absolute Gasteiger partial charge is 0.468 e. The van der Waals surface area contributed by atoms with Gasteiger partial charge in [-0.25, -0.2) is 0 Å². The number of furan rings is 1. The SMILES string of the molecule is CNCc1occc1CN1CCC(C(C)C)CC1. The minimum Gasteiger partial charge on any atom is -0.468 e. The van der Waals surface area contributed by atoms with Crippen molar-refractivity contribution in [1.29, 1.82) is 0 Å². The van der Waals surface area contributed by atoms with Gasteiger partial charge in [-0.3, -0.25) is 4.90 Å². The molecule has 0 saturated carbocycles. The molecule has 1 aromatic rings. The van der Waals surface area contributed by atoms with Gasteiger partial charge in [0.1, 0.15) is 5.76 Å². The fraction of sp³-hybridized carbons (Fsp3) is 0.733. The maximum atomic E-state index is 5.52. The zero-order valence-electron chi connectivity index (χ0n) is 11.9. The fourth-order valence-corrected chi connectivity index (χ4v) is 2.84. The van der Waals surface area contributed by atoms with Gasteiger partial charge in [0.25, 0.3) is 0 Å². The van der Waals surface area contributed by atoms with Gasteiger partial charge in [-0.2, -0.15) is 0 Å². The Labute approximate surface area is 111 Å². The minimum atomic E-state index is 0.824. The van der Waals surface area contributed by atoms with Crippen LogP contribution in [0.5, 0.6) is 0 Å². The average Bonchev–Trinajstić information content (AvgIpc) is 2.78. The van der Waals surface area contributed by atoms with Crippen LogP contribution in [0.2, 0.25) is 0 Å². The highest BCUT2D eigenvalue weighted by Crippen LogP contribution is 2.25. The van der Waals surface area contributed by atoms with E-state index in [4.69, 9.17) is 4.42 Å². The number of hydrogen-bond acceptors (Lipinski definition) is 3. The maximum Gasteiger partial charge on any atom is 0.122 e. The molecule has 1 aromatic heterocycles. The van der Waals surface area contributed by atoms with Gasteiger partial charge in [0.2, 0.25) is 0 Å².